The lowest BCUT2D eigenvalue weighted by Gasteiger charge is -2.35. The van der Waals surface area contributed by atoms with E-state index in [0.717, 1.165) is 5.56 Å². The summed E-state index contributed by atoms with van der Waals surface area (Å²) in [6.45, 7) is 5.31. The molecule has 1 aliphatic heterocycles. The van der Waals surface area contributed by atoms with E-state index in [1.54, 1.807) is 20.6 Å². The number of nitrogens with zero attached hydrogens (tertiary/aromatic N) is 4. The quantitative estimate of drug-likeness (QED) is 0.0642. The zero-order valence-corrected chi connectivity index (χ0v) is 26.3. The minimum Gasteiger partial charge on any atom is -0.491 e. The number of esters is 1. The van der Waals surface area contributed by atoms with Gasteiger partial charge in [-0.3, -0.25) is 24.3 Å². The first-order chi connectivity index (χ1) is 21.6. The standard InChI is InChI=1S/C30H48N4O11/c1-3-43-14-15-44-16-17-45-26-6-4-24(5-7-26)18-25-19-33(22-29(39)40)11-10-31(20-27(35)36)8-9-32(21-28(37)38)12-13-34(25)23-30(41)42-2/h4-7,9,25,27,35-36H,3,8,10-23H2,1-2H3,(H-,37,38,39,40)/p+1/t25-/m0/s1. The Morgan fingerprint density at radius 2 is 1.62 bits per heavy atom. The highest BCUT2D eigenvalue weighted by molar-refractivity contribution is 5.71. The molecule has 4 N–H and O–H groups in total. The van der Waals surface area contributed by atoms with Gasteiger partial charge in [-0.25, -0.2) is 9.37 Å². The van der Waals surface area contributed by atoms with Crippen molar-refractivity contribution in [3.05, 3.63) is 29.8 Å². The van der Waals surface area contributed by atoms with Crippen molar-refractivity contribution >= 4 is 24.1 Å². The normalized spacial score (nSPS) is 17.7. The first-order valence-corrected chi connectivity index (χ1v) is 15.1. The highest BCUT2D eigenvalue weighted by atomic mass is 16.5. The third-order valence-corrected chi connectivity index (χ3v) is 7.14. The van der Waals surface area contributed by atoms with Crippen molar-refractivity contribution in [3.8, 4) is 5.75 Å². The lowest BCUT2D eigenvalue weighted by atomic mass is 10.0. The fourth-order valence-corrected chi connectivity index (χ4v) is 4.90. The molecule has 45 heavy (non-hydrogen) atoms. The molecule has 0 fully saturated rings. The molecule has 0 saturated carbocycles. The van der Waals surface area contributed by atoms with E-state index in [1.165, 1.54) is 7.11 Å². The number of hydrogen-bond donors (Lipinski definition) is 4. The Hall–Kier alpha value is -3.18. The van der Waals surface area contributed by atoms with Crippen molar-refractivity contribution in [2.45, 2.75) is 25.7 Å². The second kappa shape index (κ2) is 21.5. The molecule has 15 nitrogen and oxygen atoms in total. The Kier molecular flexibility index (Phi) is 18.2. The summed E-state index contributed by atoms with van der Waals surface area (Å²) < 4.78 is 23.1. The number of carboxylic acids is 2. The van der Waals surface area contributed by atoms with Crippen molar-refractivity contribution in [1.29, 1.82) is 0 Å². The number of methoxy groups -OCH3 is 1. The number of aliphatic hydroxyl groups excluding tert-OH is 1. The van der Waals surface area contributed by atoms with Gasteiger partial charge in [0.1, 0.15) is 12.4 Å². The van der Waals surface area contributed by atoms with Gasteiger partial charge in [0.2, 0.25) is 6.54 Å². The number of β-amino-alcohol motifs (C(OH)–C–C–N with tert-alkyl or cyclic N) is 2. The minimum absolute atomic E-state index is 0.0731. The summed E-state index contributed by atoms with van der Waals surface area (Å²) in [7, 11) is 1.29. The SMILES string of the molecule is CCOCCOCCOc1ccc(C[C@H]2CN(CC(=O)O)CCN(CC(O)O)CC=[N+](CC(=O)O)CCN2CC(=O)OC)cc1. The molecule has 1 aromatic rings. The average Bonchev–Trinajstić information content (AvgIpc) is 2.98. The van der Waals surface area contributed by atoms with E-state index >= 15 is 0 Å². The number of benzene rings is 1. The van der Waals surface area contributed by atoms with Gasteiger partial charge in [-0.05, 0) is 31.0 Å². The van der Waals surface area contributed by atoms with Crippen LogP contribution >= 0.6 is 0 Å². The second-order valence-corrected chi connectivity index (χ2v) is 10.6. The third kappa shape index (κ3) is 16.6. The Bertz CT molecular complexity index is 1050. The molecule has 2 rings (SSSR count). The lowest BCUT2D eigenvalue weighted by molar-refractivity contribution is -0.515. The average molecular weight is 642 g/mol. The molecule has 15 heteroatoms. The molecule has 0 bridgehead atoms. The summed E-state index contributed by atoms with van der Waals surface area (Å²) in [6, 6.07) is 7.15. The molecule has 1 heterocycles. The molecule has 0 aromatic heterocycles. The summed E-state index contributed by atoms with van der Waals surface area (Å²) in [5.41, 5.74) is 0.927. The van der Waals surface area contributed by atoms with Gasteiger partial charge in [0.25, 0.3) is 0 Å². The number of carbonyl (C=O) groups excluding carboxylic acids is 1. The van der Waals surface area contributed by atoms with Crippen LogP contribution in [0.25, 0.3) is 0 Å². The van der Waals surface area contributed by atoms with Crippen molar-refractivity contribution < 1.29 is 58.3 Å². The van der Waals surface area contributed by atoms with Crippen LogP contribution in [-0.4, -0.2) is 182 Å². The Morgan fingerprint density at radius 1 is 0.933 bits per heavy atom. The largest absolute Gasteiger partial charge is 0.491 e. The third-order valence-electron chi connectivity index (χ3n) is 7.14. The van der Waals surface area contributed by atoms with Crippen LogP contribution in [0.3, 0.4) is 0 Å². The van der Waals surface area contributed by atoms with Gasteiger partial charge in [0, 0.05) is 38.8 Å². The minimum atomic E-state index is -1.62. The van der Waals surface area contributed by atoms with Gasteiger partial charge in [0.15, 0.2) is 19.0 Å². The summed E-state index contributed by atoms with van der Waals surface area (Å²) in [6.07, 6.45) is 0.513. The molecular weight excluding hydrogens is 592 g/mol. The van der Waals surface area contributed by atoms with Crippen LogP contribution in [0.2, 0.25) is 0 Å². The van der Waals surface area contributed by atoms with Crippen molar-refractivity contribution in [2.24, 2.45) is 0 Å². The van der Waals surface area contributed by atoms with Crippen molar-refractivity contribution in [2.75, 3.05) is 106 Å². The van der Waals surface area contributed by atoms with E-state index in [4.69, 9.17) is 18.9 Å². The van der Waals surface area contributed by atoms with Crippen LogP contribution in [0, 0.1) is 0 Å². The van der Waals surface area contributed by atoms with E-state index in [2.05, 4.69) is 0 Å². The van der Waals surface area contributed by atoms with Gasteiger partial charge in [-0.1, -0.05) is 12.1 Å². The maximum Gasteiger partial charge on any atom is 0.369 e. The number of rotatable bonds is 18. The van der Waals surface area contributed by atoms with E-state index in [-0.39, 0.29) is 64.9 Å². The monoisotopic (exact) mass is 641 g/mol. The number of carboxylic acid groups (broad SMARTS) is 2. The maximum absolute atomic E-state index is 12.5. The van der Waals surface area contributed by atoms with Crippen LogP contribution < -0.4 is 4.74 Å². The zero-order valence-electron chi connectivity index (χ0n) is 26.3. The number of carbonyl (C=O) groups is 3. The van der Waals surface area contributed by atoms with Crippen molar-refractivity contribution in [1.82, 2.24) is 14.7 Å². The van der Waals surface area contributed by atoms with Crippen LogP contribution in [0.4, 0.5) is 0 Å². The fourth-order valence-electron chi connectivity index (χ4n) is 4.90. The predicted molar refractivity (Wildman–Crippen MR) is 163 cm³/mol. The van der Waals surface area contributed by atoms with Crippen LogP contribution in [-0.2, 0) is 35.0 Å². The molecule has 0 aliphatic carbocycles. The van der Waals surface area contributed by atoms with Crippen LogP contribution in [0.15, 0.2) is 24.3 Å². The number of aliphatic hydroxyl groups is 2. The fraction of sp³-hybridized carbons (Fsp3) is 0.667. The Labute approximate surface area is 264 Å². The number of ether oxygens (including phenoxy) is 4. The molecule has 0 spiro atoms. The van der Waals surface area contributed by atoms with Gasteiger partial charge >= 0.3 is 17.9 Å². The molecule has 0 unspecified atom stereocenters. The van der Waals surface area contributed by atoms with Gasteiger partial charge < -0.3 is 39.4 Å². The molecule has 254 valence electrons. The molecular formula is C30H49N4O11+. The first-order valence-electron chi connectivity index (χ1n) is 15.1. The summed E-state index contributed by atoms with van der Waals surface area (Å²) >= 11 is 0. The summed E-state index contributed by atoms with van der Waals surface area (Å²) in [5, 5.41) is 38.3. The van der Waals surface area contributed by atoms with Crippen molar-refractivity contribution in [3.63, 3.8) is 0 Å². The zero-order chi connectivity index (χ0) is 33.0. The summed E-state index contributed by atoms with van der Waals surface area (Å²) in [5.74, 6) is -1.86. The number of hydrogen-bond acceptors (Lipinski definition) is 12. The molecule has 0 amide bonds. The van der Waals surface area contributed by atoms with E-state index < -0.39 is 24.2 Å². The molecule has 1 atom stereocenters. The summed E-state index contributed by atoms with van der Waals surface area (Å²) in [4.78, 5) is 41.3. The van der Waals surface area contributed by atoms with E-state index in [0.29, 0.717) is 51.7 Å². The number of aliphatic carboxylic acids is 2. The van der Waals surface area contributed by atoms with Gasteiger partial charge in [0.05, 0.1) is 53.1 Å². The Balaban J connectivity index is 2.28. The van der Waals surface area contributed by atoms with Gasteiger partial charge in [-0.2, -0.15) is 0 Å². The Morgan fingerprint density at radius 3 is 2.27 bits per heavy atom. The predicted octanol–water partition coefficient (Wildman–Crippen LogP) is -1.31. The lowest BCUT2D eigenvalue weighted by Crippen LogP contribution is -2.52. The van der Waals surface area contributed by atoms with E-state index in [9.17, 15) is 34.8 Å². The molecule has 1 aromatic carbocycles. The van der Waals surface area contributed by atoms with E-state index in [1.807, 2.05) is 36.1 Å². The first kappa shape index (κ1) is 38.0. The van der Waals surface area contributed by atoms with Crippen LogP contribution in [0.5, 0.6) is 5.75 Å². The molecule has 0 radical (unpaired) electrons. The molecule has 1 aliphatic rings. The topological polar surface area (TPSA) is 182 Å². The highest BCUT2D eigenvalue weighted by Crippen LogP contribution is 2.17. The van der Waals surface area contributed by atoms with Gasteiger partial charge in [-0.15, -0.1) is 0 Å². The smallest absolute Gasteiger partial charge is 0.369 e. The second-order valence-electron chi connectivity index (χ2n) is 10.6. The maximum atomic E-state index is 12.5. The molecule has 0 saturated heterocycles. The van der Waals surface area contributed by atoms with Crippen LogP contribution in [0.1, 0.15) is 12.5 Å². The highest BCUT2D eigenvalue weighted by Gasteiger charge is 2.28.